The van der Waals surface area contributed by atoms with Gasteiger partial charge >= 0.3 is 0 Å². The van der Waals surface area contributed by atoms with Crippen molar-refractivity contribution in [1.29, 1.82) is 0 Å². The number of likely N-dealkylation sites (N-methyl/N-ethyl adjacent to an activating group) is 1. The van der Waals surface area contributed by atoms with Crippen LogP contribution in [0.25, 0.3) is 0 Å². The highest BCUT2D eigenvalue weighted by molar-refractivity contribution is 5.54. The zero-order valence-electron chi connectivity index (χ0n) is 19.4. The van der Waals surface area contributed by atoms with Gasteiger partial charge in [-0.3, -0.25) is 4.90 Å². The summed E-state index contributed by atoms with van der Waals surface area (Å²) in [4.78, 5) is 2.76. The summed E-state index contributed by atoms with van der Waals surface area (Å²) in [5.41, 5.74) is 7.31. The first kappa shape index (κ1) is 19.5. The topological polar surface area (TPSA) is 3.24 Å². The molecule has 1 aliphatic heterocycles. The maximum Gasteiger partial charge on any atom is 0.0224 e. The lowest BCUT2D eigenvalue weighted by molar-refractivity contribution is -0.204. The van der Waals surface area contributed by atoms with Gasteiger partial charge in [0, 0.05) is 17.5 Å². The summed E-state index contributed by atoms with van der Waals surface area (Å²) in [7, 11) is 2.41. The Hall–Kier alpha value is -0.820. The van der Waals surface area contributed by atoms with E-state index in [4.69, 9.17) is 0 Å². The molecule has 0 spiro atoms. The van der Waals surface area contributed by atoms with Crippen molar-refractivity contribution < 1.29 is 0 Å². The van der Waals surface area contributed by atoms with Crippen molar-refractivity contribution in [2.45, 2.75) is 98.6 Å². The lowest BCUT2D eigenvalue weighted by atomic mass is 9.31. The van der Waals surface area contributed by atoms with E-state index in [0.29, 0.717) is 34.7 Å². The average molecular weight is 368 g/mol. The second-order valence-corrected chi connectivity index (χ2v) is 11.3. The van der Waals surface area contributed by atoms with Gasteiger partial charge in [-0.1, -0.05) is 53.7 Å². The van der Waals surface area contributed by atoms with Crippen molar-refractivity contribution in [3.63, 3.8) is 0 Å². The number of benzene rings is 1. The second kappa shape index (κ2) is 5.62. The molecule has 1 heteroatoms. The first-order valence-electron chi connectivity index (χ1n) is 11.3. The molecule has 2 aliphatic carbocycles. The van der Waals surface area contributed by atoms with Crippen molar-refractivity contribution in [3.05, 3.63) is 34.4 Å². The van der Waals surface area contributed by atoms with Crippen LogP contribution in [0.3, 0.4) is 0 Å². The van der Waals surface area contributed by atoms with Gasteiger partial charge in [0.15, 0.2) is 0 Å². The molecule has 5 unspecified atom stereocenters. The minimum atomic E-state index is 0.242. The number of nitrogens with zero attached hydrogens (tertiary/aromatic N) is 1. The number of rotatable bonds is 0. The summed E-state index contributed by atoms with van der Waals surface area (Å²) < 4.78 is 0. The maximum absolute atomic E-state index is 2.76. The van der Waals surface area contributed by atoms with Crippen LogP contribution in [0.1, 0.15) is 89.5 Å². The van der Waals surface area contributed by atoms with Gasteiger partial charge in [0.05, 0.1) is 0 Å². The van der Waals surface area contributed by atoms with Crippen LogP contribution < -0.4 is 0 Å². The fourth-order valence-electron chi connectivity index (χ4n) is 8.75. The third-order valence-corrected chi connectivity index (χ3v) is 10.5. The van der Waals surface area contributed by atoms with Crippen molar-refractivity contribution in [2.75, 3.05) is 7.05 Å². The minimum Gasteiger partial charge on any atom is -0.299 e. The van der Waals surface area contributed by atoms with E-state index in [9.17, 15) is 0 Å². The summed E-state index contributed by atoms with van der Waals surface area (Å²) in [5, 5.41) is 0. The van der Waals surface area contributed by atoms with E-state index in [1.807, 2.05) is 0 Å². The Bertz CT molecular complexity index is 777. The van der Waals surface area contributed by atoms with E-state index in [-0.39, 0.29) is 5.41 Å². The molecular weight excluding hydrogens is 326 g/mol. The van der Waals surface area contributed by atoms with Crippen LogP contribution >= 0.6 is 0 Å². The van der Waals surface area contributed by atoms with Gasteiger partial charge in [0.2, 0.25) is 0 Å². The van der Waals surface area contributed by atoms with Crippen LogP contribution in [-0.2, 0) is 5.41 Å². The highest BCUT2D eigenvalue weighted by Crippen LogP contribution is 2.74. The molecule has 0 radical (unpaired) electrons. The van der Waals surface area contributed by atoms with Crippen molar-refractivity contribution in [1.82, 2.24) is 4.90 Å². The third kappa shape index (κ3) is 1.91. The zero-order chi connectivity index (χ0) is 20.1. The lowest BCUT2D eigenvalue weighted by Crippen LogP contribution is -2.77. The summed E-state index contributed by atoms with van der Waals surface area (Å²) in [6.07, 6.45) is 2.73. The molecule has 1 saturated heterocycles. The van der Waals surface area contributed by atoms with E-state index >= 15 is 0 Å². The molecule has 1 nitrogen and oxygen atoms in total. The predicted molar refractivity (Wildman–Crippen MR) is 116 cm³/mol. The van der Waals surface area contributed by atoms with Crippen molar-refractivity contribution in [2.24, 2.45) is 22.7 Å². The molecule has 1 aromatic rings. The Morgan fingerprint density at radius 1 is 1.00 bits per heavy atom. The molecule has 1 heterocycles. The number of aryl methyl sites for hydroxylation is 1. The Morgan fingerprint density at radius 2 is 1.63 bits per heavy atom. The van der Waals surface area contributed by atoms with Crippen LogP contribution in [0.2, 0.25) is 0 Å². The molecule has 27 heavy (non-hydrogen) atoms. The van der Waals surface area contributed by atoms with Crippen LogP contribution in [0, 0.1) is 36.5 Å². The number of hydrogen-bond acceptors (Lipinski definition) is 1. The van der Waals surface area contributed by atoms with Crippen molar-refractivity contribution >= 4 is 0 Å². The van der Waals surface area contributed by atoms with Gasteiger partial charge in [-0.15, -0.1) is 0 Å². The number of piperidine rings is 1. The minimum absolute atomic E-state index is 0.242. The largest absolute Gasteiger partial charge is 0.299 e. The van der Waals surface area contributed by atoms with E-state index in [1.165, 1.54) is 18.4 Å². The molecular formula is C26H41N. The summed E-state index contributed by atoms with van der Waals surface area (Å²) in [5.74, 6) is 2.00. The first-order valence-corrected chi connectivity index (χ1v) is 11.3. The number of likely N-dealkylation sites (tertiary alicyclic amines) is 1. The van der Waals surface area contributed by atoms with Crippen LogP contribution in [0.4, 0.5) is 0 Å². The summed E-state index contributed by atoms with van der Waals surface area (Å²) in [6, 6.07) is 6.11. The third-order valence-electron chi connectivity index (χ3n) is 10.5. The van der Waals surface area contributed by atoms with Gasteiger partial charge in [-0.25, -0.2) is 0 Å². The smallest absolute Gasteiger partial charge is 0.0224 e. The van der Waals surface area contributed by atoms with E-state index in [2.05, 4.69) is 86.4 Å². The van der Waals surface area contributed by atoms with Crippen LogP contribution in [0.15, 0.2) is 12.1 Å². The maximum atomic E-state index is 2.76. The second-order valence-electron chi connectivity index (χ2n) is 11.3. The quantitative estimate of drug-likeness (QED) is 0.508. The van der Waals surface area contributed by atoms with E-state index < -0.39 is 0 Å². The first-order chi connectivity index (χ1) is 12.4. The van der Waals surface area contributed by atoms with Gasteiger partial charge in [0.25, 0.3) is 0 Å². The summed E-state index contributed by atoms with van der Waals surface area (Å²) >= 11 is 0. The van der Waals surface area contributed by atoms with Crippen LogP contribution in [0.5, 0.6) is 0 Å². The Labute approximate surface area is 167 Å². The normalized spacial score (nSPS) is 45.9. The molecule has 150 valence electrons. The van der Waals surface area contributed by atoms with Gasteiger partial charge in [-0.05, 0) is 91.5 Å². The molecule has 0 N–H and O–H groups in total. The SMILES string of the molecule is Cc1ccc2c(c1C)[C@]13C(C)C(C)N(C)[C@@H](C2C)C1(C)CCC(C)C3(C)C. The lowest BCUT2D eigenvalue weighted by Gasteiger charge is -2.76. The molecule has 0 amide bonds. The molecule has 3 aliphatic rings. The predicted octanol–water partition coefficient (Wildman–Crippen LogP) is 6.46. The molecule has 1 saturated carbocycles. The van der Waals surface area contributed by atoms with E-state index in [0.717, 1.165) is 5.92 Å². The molecule has 1 aromatic carbocycles. The monoisotopic (exact) mass is 367 g/mol. The van der Waals surface area contributed by atoms with Crippen LogP contribution in [-0.4, -0.2) is 24.0 Å². The zero-order valence-corrected chi connectivity index (χ0v) is 19.4. The number of fused-ring (bicyclic) bond motifs is 1. The fourth-order valence-corrected chi connectivity index (χ4v) is 8.75. The average Bonchev–Trinajstić information content (AvgIpc) is 2.60. The Morgan fingerprint density at radius 3 is 2.26 bits per heavy atom. The highest BCUT2D eigenvalue weighted by atomic mass is 15.2. The Balaban J connectivity index is 2.20. The molecule has 2 bridgehead atoms. The fraction of sp³-hybridized carbons (Fsp3) is 0.769. The number of hydrogen-bond donors (Lipinski definition) is 0. The van der Waals surface area contributed by atoms with Gasteiger partial charge in [0.1, 0.15) is 0 Å². The molecule has 4 rings (SSSR count). The molecule has 0 aromatic heterocycles. The van der Waals surface area contributed by atoms with Crippen molar-refractivity contribution in [3.8, 4) is 0 Å². The molecule has 7 atom stereocenters. The standard InChI is InChI=1S/C26H41N/c1-15-11-12-21-18(4)23-25(9)14-13-16(2)24(7,8)26(25,22(21)17(15)3)19(5)20(6)27(23)10/h11-12,16,18-20,23H,13-14H2,1-10H3/t16?,18?,19?,20?,23-,25?,26-/m0/s1. The molecule has 2 fully saturated rings. The highest BCUT2D eigenvalue weighted by Gasteiger charge is 2.73. The van der Waals surface area contributed by atoms with Gasteiger partial charge < -0.3 is 0 Å². The summed E-state index contributed by atoms with van der Waals surface area (Å²) in [6.45, 7) is 22.8. The Kier molecular flexibility index (Phi) is 4.06. The van der Waals surface area contributed by atoms with E-state index in [1.54, 1.807) is 16.7 Å². The van der Waals surface area contributed by atoms with Gasteiger partial charge in [-0.2, -0.15) is 0 Å².